The molecule has 3 heterocycles. The number of amides is 1. The minimum Gasteiger partial charge on any atom is -0.453 e. The van der Waals surface area contributed by atoms with E-state index in [0.29, 0.717) is 17.9 Å². The van der Waals surface area contributed by atoms with Gasteiger partial charge in [-0.3, -0.25) is 5.32 Å². The van der Waals surface area contributed by atoms with Gasteiger partial charge < -0.3 is 16.2 Å². The Bertz CT molecular complexity index is 1230. The Morgan fingerprint density at radius 3 is 2.57 bits per heavy atom. The maximum absolute atomic E-state index is 11.5. The van der Waals surface area contributed by atoms with Gasteiger partial charge in [0.1, 0.15) is 11.4 Å². The Morgan fingerprint density at radius 2 is 1.87 bits per heavy atom. The first-order valence-corrected chi connectivity index (χ1v) is 9.12. The monoisotopic (exact) mass is 404 g/mol. The van der Waals surface area contributed by atoms with Crippen LogP contribution in [0, 0.1) is 6.92 Å². The molecule has 10 heteroatoms. The predicted octanol–water partition coefficient (Wildman–Crippen LogP) is 2.59. The van der Waals surface area contributed by atoms with Gasteiger partial charge in [-0.15, -0.1) is 0 Å². The van der Waals surface area contributed by atoms with Crippen molar-refractivity contribution in [3.63, 3.8) is 0 Å². The molecule has 0 aliphatic carbocycles. The number of nitrogens with two attached hydrogens (primary N) is 2. The SMILES string of the molecule is COC(=O)Nc1c(N)nc(-c2nn(Cc3ccccc3C)c3ncccc23)nc1N. The van der Waals surface area contributed by atoms with E-state index in [2.05, 4.69) is 25.0 Å². The van der Waals surface area contributed by atoms with Crippen LogP contribution in [0.4, 0.5) is 22.1 Å². The van der Waals surface area contributed by atoms with Crippen molar-refractivity contribution >= 4 is 34.4 Å². The molecule has 1 aromatic carbocycles. The van der Waals surface area contributed by atoms with Crippen LogP contribution in [0.25, 0.3) is 22.6 Å². The fraction of sp³-hybridized carbons (Fsp3) is 0.150. The van der Waals surface area contributed by atoms with Gasteiger partial charge in [0, 0.05) is 6.20 Å². The molecule has 30 heavy (non-hydrogen) atoms. The lowest BCUT2D eigenvalue weighted by Crippen LogP contribution is -2.16. The molecule has 0 aliphatic heterocycles. The average molecular weight is 404 g/mol. The summed E-state index contributed by atoms with van der Waals surface area (Å²) in [6.07, 6.45) is 0.983. The number of carbonyl (C=O) groups is 1. The highest BCUT2D eigenvalue weighted by Gasteiger charge is 2.20. The summed E-state index contributed by atoms with van der Waals surface area (Å²) in [7, 11) is 1.23. The fourth-order valence-electron chi connectivity index (χ4n) is 3.12. The van der Waals surface area contributed by atoms with Crippen LogP contribution in [0.5, 0.6) is 0 Å². The summed E-state index contributed by atoms with van der Waals surface area (Å²) < 4.78 is 6.36. The number of hydrogen-bond donors (Lipinski definition) is 3. The van der Waals surface area contributed by atoms with Gasteiger partial charge in [-0.2, -0.15) is 5.10 Å². The first kappa shape index (κ1) is 19.1. The summed E-state index contributed by atoms with van der Waals surface area (Å²) in [5.41, 5.74) is 15.6. The first-order chi connectivity index (χ1) is 14.5. The number of fused-ring (bicyclic) bond motifs is 1. The second kappa shape index (κ2) is 7.66. The van der Waals surface area contributed by atoms with Crippen LogP contribution in [0.15, 0.2) is 42.6 Å². The molecule has 4 rings (SSSR count). The topological polar surface area (TPSA) is 147 Å². The molecule has 0 spiro atoms. The van der Waals surface area contributed by atoms with Gasteiger partial charge >= 0.3 is 6.09 Å². The van der Waals surface area contributed by atoms with Crippen LogP contribution in [-0.4, -0.2) is 37.9 Å². The van der Waals surface area contributed by atoms with Gasteiger partial charge in [0.25, 0.3) is 0 Å². The van der Waals surface area contributed by atoms with E-state index in [0.717, 1.165) is 16.5 Å². The Kier molecular flexibility index (Phi) is 4.88. The van der Waals surface area contributed by atoms with Crippen molar-refractivity contribution in [2.75, 3.05) is 23.9 Å². The summed E-state index contributed by atoms with van der Waals surface area (Å²) in [5, 5.41) is 7.87. The average Bonchev–Trinajstić information content (AvgIpc) is 3.10. The minimum absolute atomic E-state index is 0.00777. The van der Waals surface area contributed by atoms with E-state index in [9.17, 15) is 4.79 Å². The molecule has 0 bridgehead atoms. The zero-order chi connectivity index (χ0) is 21.3. The number of anilines is 3. The van der Waals surface area contributed by atoms with E-state index in [4.69, 9.17) is 16.6 Å². The number of aromatic nitrogens is 5. The van der Waals surface area contributed by atoms with E-state index in [1.807, 2.05) is 43.3 Å². The zero-order valence-electron chi connectivity index (χ0n) is 16.5. The number of methoxy groups -OCH3 is 1. The molecule has 0 aliphatic rings. The number of benzene rings is 1. The van der Waals surface area contributed by atoms with E-state index in [1.165, 1.54) is 7.11 Å². The number of nitrogens with zero attached hydrogens (tertiary/aromatic N) is 5. The van der Waals surface area contributed by atoms with Crippen LogP contribution < -0.4 is 16.8 Å². The maximum Gasteiger partial charge on any atom is 0.411 e. The van der Waals surface area contributed by atoms with Crippen molar-refractivity contribution in [3.8, 4) is 11.5 Å². The third kappa shape index (κ3) is 3.46. The van der Waals surface area contributed by atoms with Gasteiger partial charge in [0.15, 0.2) is 23.1 Å². The smallest absolute Gasteiger partial charge is 0.411 e. The number of ether oxygens (including phenoxy) is 1. The quantitative estimate of drug-likeness (QED) is 0.470. The van der Waals surface area contributed by atoms with Crippen LogP contribution in [0.2, 0.25) is 0 Å². The number of carbonyl (C=O) groups excluding carboxylic acids is 1. The van der Waals surface area contributed by atoms with Gasteiger partial charge in [-0.1, -0.05) is 24.3 Å². The highest BCUT2D eigenvalue weighted by molar-refractivity contribution is 5.94. The van der Waals surface area contributed by atoms with E-state index in [-0.39, 0.29) is 23.1 Å². The lowest BCUT2D eigenvalue weighted by Gasteiger charge is -2.10. The van der Waals surface area contributed by atoms with Crippen molar-refractivity contribution < 1.29 is 9.53 Å². The van der Waals surface area contributed by atoms with Gasteiger partial charge in [0.05, 0.1) is 19.0 Å². The highest BCUT2D eigenvalue weighted by Crippen LogP contribution is 2.30. The second-order valence-electron chi connectivity index (χ2n) is 6.62. The molecule has 0 saturated heterocycles. The Balaban J connectivity index is 1.80. The number of rotatable bonds is 4. The minimum atomic E-state index is -0.720. The standard InChI is InChI=1S/C20H20N8O2/c1-11-6-3-4-7-12(11)10-28-19-13(8-5-9-23-19)14(27-28)18-25-16(21)15(17(22)26-18)24-20(29)30-2/h3-9H,10H2,1-2H3,(H,24,29)(H4,21,22,25,26). The molecule has 10 nitrogen and oxygen atoms in total. The molecule has 4 aromatic rings. The highest BCUT2D eigenvalue weighted by atomic mass is 16.5. The van der Waals surface area contributed by atoms with E-state index in [1.54, 1.807) is 10.9 Å². The van der Waals surface area contributed by atoms with Crippen molar-refractivity contribution in [2.45, 2.75) is 13.5 Å². The first-order valence-electron chi connectivity index (χ1n) is 9.12. The summed E-state index contributed by atoms with van der Waals surface area (Å²) in [6, 6.07) is 11.8. The predicted molar refractivity (Wildman–Crippen MR) is 114 cm³/mol. The number of nitrogens with one attached hydrogen (secondary N) is 1. The van der Waals surface area contributed by atoms with Crippen LogP contribution in [-0.2, 0) is 11.3 Å². The molecule has 0 atom stereocenters. The normalized spacial score (nSPS) is 10.9. The van der Waals surface area contributed by atoms with Crippen LogP contribution in [0.3, 0.4) is 0 Å². The molecular weight excluding hydrogens is 384 g/mol. The van der Waals surface area contributed by atoms with Crippen LogP contribution >= 0.6 is 0 Å². The molecule has 0 saturated carbocycles. The number of hydrogen-bond acceptors (Lipinski definition) is 8. The number of pyridine rings is 1. The van der Waals surface area contributed by atoms with Crippen molar-refractivity contribution in [1.82, 2.24) is 24.7 Å². The number of nitrogen functional groups attached to an aromatic ring is 2. The van der Waals surface area contributed by atoms with Gasteiger partial charge in [-0.05, 0) is 30.2 Å². The molecule has 3 aromatic heterocycles. The summed E-state index contributed by atoms with van der Waals surface area (Å²) >= 11 is 0. The Hall–Kier alpha value is -4.21. The maximum atomic E-state index is 11.5. The van der Waals surface area contributed by atoms with E-state index < -0.39 is 6.09 Å². The van der Waals surface area contributed by atoms with Crippen LogP contribution in [0.1, 0.15) is 11.1 Å². The molecule has 0 unspecified atom stereocenters. The molecule has 0 radical (unpaired) electrons. The van der Waals surface area contributed by atoms with E-state index >= 15 is 0 Å². The van der Waals surface area contributed by atoms with Crippen molar-refractivity contribution in [1.29, 1.82) is 0 Å². The molecule has 0 fully saturated rings. The summed E-state index contributed by atoms with van der Waals surface area (Å²) in [5.74, 6) is 0.253. The van der Waals surface area contributed by atoms with Crippen molar-refractivity contribution in [2.24, 2.45) is 0 Å². The third-order valence-corrected chi connectivity index (χ3v) is 4.68. The Morgan fingerprint density at radius 1 is 1.13 bits per heavy atom. The third-order valence-electron chi connectivity index (χ3n) is 4.68. The Labute approximate surface area is 171 Å². The largest absolute Gasteiger partial charge is 0.453 e. The second-order valence-corrected chi connectivity index (χ2v) is 6.62. The lowest BCUT2D eigenvalue weighted by atomic mass is 10.1. The number of aryl methyl sites for hydroxylation is 1. The van der Waals surface area contributed by atoms with Gasteiger partial charge in [0.2, 0.25) is 0 Å². The van der Waals surface area contributed by atoms with Crippen molar-refractivity contribution in [3.05, 3.63) is 53.7 Å². The lowest BCUT2D eigenvalue weighted by molar-refractivity contribution is 0.187. The molecule has 1 amide bonds. The van der Waals surface area contributed by atoms with Gasteiger partial charge in [-0.25, -0.2) is 24.4 Å². The fourth-order valence-corrected chi connectivity index (χ4v) is 3.12. The summed E-state index contributed by atoms with van der Waals surface area (Å²) in [6.45, 7) is 2.58. The summed E-state index contributed by atoms with van der Waals surface area (Å²) in [4.78, 5) is 24.6. The molecule has 5 N–H and O–H groups in total. The molecule has 152 valence electrons. The zero-order valence-corrected chi connectivity index (χ0v) is 16.5. The molecular formula is C20H20N8O2.